The van der Waals surface area contributed by atoms with Gasteiger partial charge >= 0.3 is 0 Å². The number of nitrogens with zero attached hydrogens (tertiary/aromatic N) is 1. The van der Waals surface area contributed by atoms with Crippen LogP contribution in [0.4, 0.5) is 5.00 Å². The van der Waals surface area contributed by atoms with Crippen molar-refractivity contribution < 1.29 is 4.79 Å². The molecule has 24 heavy (non-hydrogen) atoms. The summed E-state index contributed by atoms with van der Waals surface area (Å²) < 4.78 is 0. The maximum absolute atomic E-state index is 12.4. The van der Waals surface area contributed by atoms with Gasteiger partial charge in [-0.05, 0) is 30.9 Å². The SMILES string of the molecule is CCCNC(=O)c1cc(-c2ccccc2)c(N2CCCCCC2)s1. The van der Waals surface area contributed by atoms with E-state index in [1.54, 1.807) is 11.3 Å². The average Bonchev–Trinajstić information content (AvgIpc) is 2.89. The van der Waals surface area contributed by atoms with Crippen molar-refractivity contribution in [1.82, 2.24) is 5.32 Å². The number of benzene rings is 1. The maximum atomic E-state index is 12.4. The second-order valence-corrected chi connectivity index (χ2v) is 7.38. The molecule has 0 radical (unpaired) electrons. The van der Waals surface area contributed by atoms with Crippen molar-refractivity contribution in [3.8, 4) is 11.1 Å². The van der Waals surface area contributed by atoms with Crippen LogP contribution in [0.1, 0.15) is 48.7 Å². The molecule has 0 atom stereocenters. The molecular formula is C20H26N2OS. The van der Waals surface area contributed by atoms with Crippen LogP contribution in [0.15, 0.2) is 36.4 Å². The first-order valence-electron chi connectivity index (χ1n) is 9.02. The van der Waals surface area contributed by atoms with Crippen LogP contribution in [0, 0.1) is 0 Å². The highest BCUT2D eigenvalue weighted by atomic mass is 32.1. The third kappa shape index (κ3) is 3.99. The Bertz CT molecular complexity index is 658. The maximum Gasteiger partial charge on any atom is 0.261 e. The highest BCUT2D eigenvalue weighted by molar-refractivity contribution is 7.18. The van der Waals surface area contributed by atoms with E-state index in [1.807, 2.05) is 6.07 Å². The van der Waals surface area contributed by atoms with Crippen LogP contribution in [-0.4, -0.2) is 25.5 Å². The van der Waals surface area contributed by atoms with Crippen LogP contribution in [0.3, 0.4) is 0 Å². The van der Waals surface area contributed by atoms with Crippen LogP contribution in [-0.2, 0) is 0 Å². The Morgan fingerprint density at radius 2 is 1.83 bits per heavy atom. The Kier molecular flexibility index (Phi) is 5.91. The number of amides is 1. The van der Waals surface area contributed by atoms with Gasteiger partial charge in [0, 0.05) is 25.2 Å². The lowest BCUT2D eigenvalue weighted by Crippen LogP contribution is -2.23. The molecule has 3 rings (SSSR count). The quantitative estimate of drug-likeness (QED) is 0.835. The number of carbonyl (C=O) groups excluding carboxylic acids is 1. The summed E-state index contributed by atoms with van der Waals surface area (Å²) in [5, 5.41) is 4.26. The van der Waals surface area contributed by atoms with E-state index in [1.165, 1.54) is 41.8 Å². The van der Waals surface area contributed by atoms with Gasteiger partial charge in [-0.25, -0.2) is 0 Å². The zero-order valence-corrected chi connectivity index (χ0v) is 15.2. The predicted molar refractivity (Wildman–Crippen MR) is 103 cm³/mol. The summed E-state index contributed by atoms with van der Waals surface area (Å²) in [4.78, 5) is 15.7. The standard InChI is InChI=1S/C20H26N2OS/c1-2-12-21-19(23)18-15-17(16-10-6-5-7-11-16)20(24-18)22-13-8-3-4-9-14-22/h5-7,10-11,15H,2-4,8-9,12-14H2,1H3,(H,21,23). The number of carbonyl (C=O) groups is 1. The molecule has 1 saturated heterocycles. The number of anilines is 1. The van der Waals surface area contributed by atoms with Crippen LogP contribution < -0.4 is 10.2 Å². The highest BCUT2D eigenvalue weighted by Gasteiger charge is 2.20. The largest absolute Gasteiger partial charge is 0.363 e. The summed E-state index contributed by atoms with van der Waals surface area (Å²) >= 11 is 1.64. The van der Waals surface area contributed by atoms with Crippen molar-refractivity contribution in [2.24, 2.45) is 0 Å². The second kappa shape index (κ2) is 8.34. The molecule has 0 aliphatic carbocycles. The monoisotopic (exact) mass is 342 g/mol. The first-order valence-corrected chi connectivity index (χ1v) is 9.83. The third-order valence-corrected chi connectivity index (χ3v) is 5.64. The van der Waals surface area contributed by atoms with Gasteiger partial charge in [0.2, 0.25) is 0 Å². The fourth-order valence-corrected chi connectivity index (χ4v) is 4.30. The zero-order chi connectivity index (χ0) is 16.8. The van der Waals surface area contributed by atoms with Crippen molar-refractivity contribution in [2.45, 2.75) is 39.0 Å². The fourth-order valence-electron chi connectivity index (χ4n) is 3.15. The minimum absolute atomic E-state index is 0.0557. The molecule has 0 unspecified atom stereocenters. The van der Waals surface area contributed by atoms with E-state index in [0.29, 0.717) is 0 Å². The van der Waals surface area contributed by atoms with Gasteiger partial charge in [-0.3, -0.25) is 4.79 Å². The molecule has 2 aromatic rings. The molecule has 1 aliphatic rings. The van der Waals surface area contributed by atoms with Gasteiger partial charge in [0.1, 0.15) is 0 Å². The molecule has 128 valence electrons. The first-order chi connectivity index (χ1) is 11.8. The third-order valence-electron chi connectivity index (χ3n) is 4.45. The molecule has 1 fully saturated rings. The van der Waals surface area contributed by atoms with Gasteiger partial charge in [0.25, 0.3) is 5.91 Å². The van der Waals surface area contributed by atoms with E-state index >= 15 is 0 Å². The van der Waals surface area contributed by atoms with Crippen molar-refractivity contribution in [1.29, 1.82) is 0 Å². The van der Waals surface area contributed by atoms with Gasteiger partial charge < -0.3 is 10.2 Å². The number of hydrogen-bond donors (Lipinski definition) is 1. The van der Waals surface area contributed by atoms with E-state index in [-0.39, 0.29) is 5.91 Å². The average molecular weight is 343 g/mol. The molecule has 4 heteroatoms. The number of rotatable bonds is 5. The molecule has 1 aromatic heterocycles. The van der Waals surface area contributed by atoms with Gasteiger partial charge in [0.05, 0.1) is 9.88 Å². The summed E-state index contributed by atoms with van der Waals surface area (Å²) in [5.41, 5.74) is 2.40. The zero-order valence-electron chi connectivity index (χ0n) is 14.4. The molecule has 3 nitrogen and oxygen atoms in total. The van der Waals surface area contributed by atoms with Crippen LogP contribution in [0.5, 0.6) is 0 Å². The second-order valence-electron chi connectivity index (χ2n) is 6.35. The molecule has 1 aliphatic heterocycles. The summed E-state index contributed by atoms with van der Waals surface area (Å²) in [6, 6.07) is 12.5. The topological polar surface area (TPSA) is 32.3 Å². The summed E-state index contributed by atoms with van der Waals surface area (Å²) in [5.74, 6) is 0.0557. The first kappa shape index (κ1) is 17.0. The summed E-state index contributed by atoms with van der Waals surface area (Å²) in [7, 11) is 0. The number of thiophene rings is 1. The smallest absolute Gasteiger partial charge is 0.261 e. The van der Waals surface area contributed by atoms with Gasteiger partial charge in [0.15, 0.2) is 0 Å². The molecule has 0 bridgehead atoms. The molecule has 0 spiro atoms. The molecule has 1 aromatic carbocycles. The van der Waals surface area contributed by atoms with Crippen molar-refractivity contribution in [3.05, 3.63) is 41.3 Å². The Hall–Kier alpha value is -1.81. The number of hydrogen-bond acceptors (Lipinski definition) is 3. The van der Waals surface area contributed by atoms with Crippen molar-refractivity contribution in [3.63, 3.8) is 0 Å². The van der Waals surface area contributed by atoms with E-state index < -0.39 is 0 Å². The van der Waals surface area contributed by atoms with Gasteiger partial charge in [-0.2, -0.15) is 0 Å². The van der Waals surface area contributed by atoms with Crippen LogP contribution in [0.2, 0.25) is 0 Å². The van der Waals surface area contributed by atoms with Crippen molar-refractivity contribution >= 4 is 22.2 Å². The molecular weight excluding hydrogens is 316 g/mol. The minimum atomic E-state index is 0.0557. The highest BCUT2D eigenvalue weighted by Crippen LogP contribution is 2.39. The number of nitrogens with one attached hydrogen (secondary N) is 1. The summed E-state index contributed by atoms with van der Waals surface area (Å²) in [6.07, 6.45) is 6.06. The fraction of sp³-hybridized carbons (Fsp3) is 0.450. The van der Waals surface area contributed by atoms with E-state index in [4.69, 9.17) is 0 Å². The Balaban J connectivity index is 1.95. The molecule has 1 amide bonds. The summed E-state index contributed by atoms with van der Waals surface area (Å²) in [6.45, 7) is 5.00. The van der Waals surface area contributed by atoms with Crippen molar-refractivity contribution in [2.75, 3.05) is 24.5 Å². The lowest BCUT2D eigenvalue weighted by atomic mass is 10.1. The normalized spacial score (nSPS) is 15.1. The van der Waals surface area contributed by atoms with E-state index in [0.717, 1.165) is 30.9 Å². The van der Waals surface area contributed by atoms with Gasteiger partial charge in [-0.15, -0.1) is 11.3 Å². The Labute approximate surface area is 148 Å². The van der Waals surface area contributed by atoms with E-state index in [9.17, 15) is 4.79 Å². The molecule has 1 N–H and O–H groups in total. The lowest BCUT2D eigenvalue weighted by Gasteiger charge is -2.22. The predicted octanol–water partition coefficient (Wildman–Crippen LogP) is 4.94. The Morgan fingerprint density at radius 3 is 2.50 bits per heavy atom. The lowest BCUT2D eigenvalue weighted by molar-refractivity contribution is 0.0957. The molecule has 0 saturated carbocycles. The van der Waals surface area contributed by atoms with Crippen LogP contribution in [0.25, 0.3) is 11.1 Å². The van der Waals surface area contributed by atoms with Gasteiger partial charge in [-0.1, -0.05) is 50.1 Å². The molecule has 2 heterocycles. The Morgan fingerprint density at radius 1 is 1.12 bits per heavy atom. The minimum Gasteiger partial charge on any atom is -0.363 e. The van der Waals surface area contributed by atoms with Crippen LogP contribution >= 0.6 is 11.3 Å². The van der Waals surface area contributed by atoms with E-state index in [2.05, 4.69) is 47.5 Å².